The Balaban J connectivity index is 4.66. The molecule has 0 radical (unpaired) electrons. The highest BCUT2D eigenvalue weighted by atomic mass is 16.4. The van der Waals surface area contributed by atoms with Gasteiger partial charge in [0.15, 0.2) is 0 Å². The van der Waals surface area contributed by atoms with E-state index in [1.807, 2.05) is 0 Å². The number of carbonyl (C=O) groups excluding carboxylic acids is 2. The number of aliphatic carboxylic acids is 2. The van der Waals surface area contributed by atoms with Crippen LogP contribution in [-0.2, 0) is 19.2 Å². The van der Waals surface area contributed by atoms with Crippen molar-refractivity contribution in [3.05, 3.63) is 0 Å². The third kappa shape index (κ3) is 6.10. The van der Waals surface area contributed by atoms with Gasteiger partial charge >= 0.3 is 11.9 Å². The van der Waals surface area contributed by atoms with Gasteiger partial charge in [0.2, 0.25) is 11.8 Å². The van der Waals surface area contributed by atoms with Gasteiger partial charge in [-0.3, -0.25) is 19.2 Å². The molecule has 96 valence electrons. The summed E-state index contributed by atoms with van der Waals surface area (Å²) in [5.74, 6) is -4.55. The second-order valence-electron chi connectivity index (χ2n) is 3.26. The second kappa shape index (κ2) is 6.43. The van der Waals surface area contributed by atoms with Crippen LogP contribution in [-0.4, -0.2) is 58.0 Å². The Morgan fingerprint density at radius 3 is 1.76 bits per heavy atom. The van der Waals surface area contributed by atoms with Gasteiger partial charge in [-0.1, -0.05) is 0 Å². The van der Waals surface area contributed by atoms with E-state index in [4.69, 9.17) is 21.7 Å². The van der Waals surface area contributed by atoms with Crippen LogP contribution in [0.3, 0.4) is 0 Å². The van der Waals surface area contributed by atoms with Gasteiger partial charge in [0.25, 0.3) is 0 Å². The first-order chi connectivity index (χ1) is 7.73. The summed E-state index contributed by atoms with van der Waals surface area (Å²) in [5.41, 5.74) is 10.1. The molecule has 0 saturated heterocycles. The largest absolute Gasteiger partial charge is 0.480 e. The lowest BCUT2D eigenvalue weighted by molar-refractivity contribution is -0.150. The van der Waals surface area contributed by atoms with Crippen molar-refractivity contribution in [2.24, 2.45) is 11.5 Å². The maximum atomic E-state index is 11.5. The zero-order valence-electron chi connectivity index (χ0n) is 8.83. The van der Waals surface area contributed by atoms with Crippen LogP contribution in [0.1, 0.15) is 6.42 Å². The first-order valence-electron chi connectivity index (χ1n) is 4.50. The number of nitrogens with zero attached hydrogens (tertiary/aromatic N) is 1. The summed E-state index contributed by atoms with van der Waals surface area (Å²) >= 11 is 0. The third-order valence-electron chi connectivity index (χ3n) is 1.70. The van der Waals surface area contributed by atoms with Crippen molar-refractivity contribution in [2.75, 3.05) is 13.1 Å². The Labute approximate surface area is 96.0 Å². The monoisotopic (exact) mass is 247 g/mol. The van der Waals surface area contributed by atoms with E-state index >= 15 is 0 Å². The van der Waals surface area contributed by atoms with Gasteiger partial charge in [-0.25, -0.2) is 0 Å². The number of primary amides is 1. The molecule has 9 heteroatoms. The Morgan fingerprint density at radius 2 is 1.47 bits per heavy atom. The molecule has 0 saturated carbocycles. The van der Waals surface area contributed by atoms with Crippen molar-refractivity contribution in [3.63, 3.8) is 0 Å². The zero-order valence-corrected chi connectivity index (χ0v) is 8.83. The zero-order chi connectivity index (χ0) is 13.6. The van der Waals surface area contributed by atoms with Crippen LogP contribution in [0.5, 0.6) is 0 Å². The summed E-state index contributed by atoms with van der Waals surface area (Å²) in [5, 5.41) is 17.0. The van der Waals surface area contributed by atoms with Crippen LogP contribution in [0.15, 0.2) is 0 Å². The quantitative estimate of drug-likeness (QED) is 0.377. The molecule has 2 amide bonds. The number of carboxylic acid groups (broad SMARTS) is 2. The number of hydrogen-bond donors (Lipinski definition) is 4. The van der Waals surface area contributed by atoms with E-state index in [0.717, 1.165) is 0 Å². The van der Waals surface area contributed by atoms with E-state index in [1.165, 1.54) is 0 Å². The minimum Gasteiger partial charge on any atom is -0.480 e. The molecule has 0 aliphatic carbocycles. The molecule has 0 heterocycles. The summed E-state index contributed by atoms with van der Waals surface area (Å²) in [4.78, 5) is 43.4. The fraction of sp³-hybridized carbons (Fsp3) is 0.500. The molecule has 0 spiro atoms. The predicted molar refractivity (Wildman–Crippen MR) is 53.6 cm³/mol. The van der Waals surface area contributed by atoms with Crippen molar-refractivity contribution in [3.8, 4) is 0 Å². The number of hydrogen-bond acceptors (Lipinski definition) is 5. The molecule has 0 aromatic carbocycles. The van der Waals surface area contributed by atoms with Crippen LogP contribution in [0.4, 0.5) is 0 Å². The van der Waals surface area contributed by atoms with Crippen molar-refractivity contribution in [1.29, 1.82) is 0 Å². The number of carboxylic acids is 2. The first-order valence-corrected chi connectivity index (χ1v) is 4.50. The summed E-state index contributed by atoms with van der Waals surface area (Å²) in [6, 6.07) is -1.34. The first kappa shape index (κ1) is 14.8. The summed E-state index contributed by atoms with van der Waals surface area (Å²) in [6.45, 7) is -1.62. The highest BCUT2D eigenvalue weighted by molar-refractivity contribution is 5.91. The van der Waals surface area contributed by atoms with Gasteiger partial charge in [-0.05, 0) is 0 Å². The average molecular weight is 247 g/mol. The number of amides is 2. The summed E-state index contributed by atoms with van der Waals surface area (Å²) in [7, 11) is 0. The van der Waals surface area contributed by atoms with Gasteiger partial charge in [0.1, 0.15) is 13.1 Å². The fourth-order valence-electron chi connectivity index (χ4n) is 1.08. The van der Waals surface area contributed by atoms with Crippen molar-refractivity contribution in [2.45, 2.75) is 12.5 Å². The van der Waals surface area contributed by atoms with Crippen LogP contribution in [0, 0.1) is 0 Å². The van der Waals surface area contributed by atoms with Gasteiger partial charge < -0.3 is 26.6 Å². The minimum absolute atomic E-state index is 0.478. The Kier molecular flexibility index (Phi) is 5.61. The highest BCUT2D eigenvalue weighted by Crippen LogP contribution is 1.97. The molecular weight excluding hydrogens is 234 g/mol. The van der Waals surface area contributed by atoms with E-state index in [-0.39, 0.29) is 0 Å². The lowest BCUT2D eigenvalue weighted by Gasteiger charge is -2.21. The Morgan fingerprint density at radius 1 is 1.06 bits per heavy atom. The van der Waals surface area contributed by atoms with E-state index in [9.17, 15) is 19.2 Å². The van der Waals surface area contributed by atoms with Gasteiger partial charge in [0, 0.05) is 0 Å². The maximum absolute atomic E-state index is 11.5. The molecule has 0 rings (SSSR count). The lowest BCUT2D eigenvalue weighted by Crippen LogP contribution is -2.49. The molecule has 1 unspecified atom stereocenters. The molecule has 17 heavy (non-hydrogen) atoms. The van der Waals surface area contributed by atoms with E-state index < -0.39 is 49.3 Å². The molecule has 0 aromatic rings. The smallest absolute Gasteiger partial charge is 0.323 e. The van der Waals surface area contributed by atoms with Crippen LogP contribution in [0.2, 0.25) is 0 Å². The topological polar surface area (TPSA) is 164 Å². The molecule has 9 nitrogen and oxygen atoms in total. The second-order valence-corrected chi connectivity index (χ2v) is 3.26. The summed E-state index contributed by atoms with van der Waals surface area (Å²) in [6.07, 6.45) is -0.478. The number of rotatable bonds is 7. The van der Waals surface area contributed by atoms with Crippen molar-refractivity contribution >= 4 is 23.8 Å². The normalized spacial score (nSPS) is 11.6. The molecule has 6 N–H and O–H groups in total. The van der Waals surface area contributed by atoms with Crippen LogP contribution in [0.25, 0.3) is 0 Å². The van der Waals surface area contributed by atoms with E-state index in [1.54, 1.807) is 0 Å². The molecule has 0 aromatic heterocycles. The van der Waals surface area contributed by atoms with Crippen LogP contribution >= 0.6 is 0 Å². The van der Waals surface area contributed by atoms with Gasteiger partial charge in [-0.2, -0.15) is 0 Å². The van der Waals surface area contributed by atoms with E-state index in [0.29, 0.717) is 4.90 Å². The van der Waals surface area contributed by atoms with Crippen molar-refractivity contribution in [1.82, 2.24) is 4.90 Å². The minimum atomic E-state index is -1.38. The molecule has 1 atom stereocenters. The molecule has 0 aliphatic rings. The van der Waals surface area contributed by atoms with E-state index in [2.05, 4.69) is 0 Å². The SMILES string of the molecule is NC(=O)CC(N)C(=O)N(CC(=O)O)CC(=O)O. The Bertz CT molecular complexity index is 326. The number of nitrogens with two attached hydrogens (primary N) is 2. The third-order valence-corrected chi connectivity index (χ3v) is 1.70. The van der Waals surface area contributed by atoms with Crippen molar-refractivity contribution < 1.29 is 29.4 Å². The Hall–Kier alpha value is -2.16. The molecule has 0 aliphatic heterocycles. The number of carbonyl (C=O) groups is 4. The van der Waals surface area contributed by atoms with Crippen LogP contribution < -0.4 is 11.5 Å². The molecular formula is C8H13N3O6. The summed E-state index contributed by atoms with van der Waals surface area (Å²) < 4.78 is 0. The predicted octanol–water partition coefficient (Wildman–Crippen LogP) is -2.81. The molecule has 0 fully saturated rings. The van der Waals surface area contributed by atoms with Gasteiger partial charge in [0.05, 0.1) is 12.5 Å². The van der Waals surface area contributed by atoms with Gasteiger partial charge in [-0.15, -0.1) is 0 Å². The highest BCUT2D eigenvalue weighted by Gasteiger charge is 2.25. The fourth-order valence-corrected chi connectivity index (χ4v) is 1.08. The maximum Gasteiger partial charge on any atom is 0.323 e. The average Bonchev–Trinajstić information content (AvgIpc) is 2.12. The lowest BCUT2D eigenvalue weighted by atomic mass is 10.2. The standard InChI is InChI=1S/C8H13N3O6/c9-4(1-5(10)12)8(17)11(2-6(13)14)3-7(15)16/h4H,1-3,9H2,(H2,10,12)(H,13,14)(H,15,16). The molecule has 0 bridgehead atoms.